The predicted molar refractivity (Wildman–Crippen MR) is 241 cm³/mol. The summed E-state index contributed by atoms with van der Waals surface area (Å²) in [5.74, 6) is -1.25. The minimum Gasteiger partial charge on any atom is -0.490 e. The van der Waals surface area contributed by atoms with E-state index in [-0.39, 0.29) is 41.5 Å². The minimum absolute atomic E-state index is 0.0622. The Morgan fingerprint density at radius 3 is 2.31 bits per heavy atom. The number of ether oxygens (including phenoxy) is 1. The number of aryl methyl sites for hydroxylation is 1. The normalized spacial score (nSPS) is 17.7. The highest BCUT2D eigenvalue weighted by molar-refractivity contribution is 7.13. The number of carbonyl (C=O) groups is 5. The number of thiazole rings is 1. The number of hydrogen-bond acceptors (Lipinski definition) is 10. The molecular formula is C49H45FN8O6S. The largest absolute Gasteiger partial charge is 0.490 e. The van der Waals surface area contributed by atoms with E-state index in [2.05, 4.69) is 25.9 Å². The number of rotatable bonds is 12. The molecule has 6 heterocycles. The van der Waals surface area contributed by atoms with Crippen LogP contribution in [0.3, 0.4) is 0 Å². The van der Waals surface area contributed by atoms with E-state index < -0.39 is 29.7 Å². The molecule has 0 radical (unpaired) electrons. The fourth-order valence-corrected chi connectivity index (χ4v) is 9.73. The molecule has 0 spiro atoms. The first-order valence-corrected chi connectivity index (χ1v) is 22.7. The van der Waals surface area contributed by atoms with Crippen molar-refractivity contribution in [1.82, 2.24) is 29.7 Å². The quantitative estimate of drug-likeness (QED) is 0.111. The van der Waals surface area contributed by atoms with Gasteiger partial charge in [0, 0.05) is 73.0 Å². The molecule has 10 rings (SSSR count). The van der Waals surface area contributed by atoms with Gasteiger partial charge < -0.3 is 24.4 Å². The number of imide groups is 1. The standard InChI is InChI=1S/C49H45FN8O6S/c50-39-26-33(25-37-38(39)27-58(48(37)63)45(47(62)55-49-51-19-23-65-49)44-41-2-1-20-57(41)28-52-44)32-9-13-35(14-10-32)64-36-17-21-56(22-18-36)43(60)24-29-3-5-30(6-4-29)31-7-11-34(12-8-31)53-40-15-16-42(59)54-46(40)61/h3-14,19,23,25-26,28,36,40,45,53H,1-2,15-18,20-22,24,27H2,(H,51,55,62)(H,54,59,61)/t40-,45?/m0/s1. The molecule has 1 unspecified atom stereocenters. The van der Waals surface area contributed by atoms with Crippen LogP contribution in [0.1, 0.15) is 71.0 Å². The van der Waals surface area contributed by atoms with E-state index in [9.17, 15) is 24.0 Å². The van der Waals surface area contributed by atoms with Gasteiger partial charge in [0.2, 0.25) is 17.7 Å². The third-order valence-electron chi connectivity index (χ3n) is 12.7. The highest BCUT2D eigenvalue weighted by atomic mass is 32.1. The molecule has 14 nitrogen and oxygen atoms in total. The Morgan fingerprint density at radius 2 is 1.58 bits per heavy atom. The summed E-state index contributed by atoms with van der Waals surface area (Å²) in [4.78, 5) is 76.9. The fourth-order valence-electron chi connectivity index (χ4n) is 9.20. The van der Waals surface area contributed by atoms with Crippen LogP contribution in [0.4, 0.5) is 15.2 Å². The van der Waals surface area contributed by atoms with Crippen molar-refractivity contribution in [3.05, 3.63) is 137 Å². The summed E-state index contributed by atoms with van der Waals surface area (Å²) >= 11 is 1.27. The zero-order valence-electron chi connectivity index (χ0n) is 35.3. The molecule has 2 atom stereocenters. The lowest BCUT2D eigenvalue weighted by Crippen LogP contribution is -2.47. The second-order valence-electron chi connectivity index (χ2n) is 16.8. The molecule has 2 saturated heterocycles. The fraction of sp³-hybridized carbons (Fsp3) is 0.286. The first-order valence-electron chi connectivity index (χ1n) is 21.9. The van der Waals surface area contributed by atoms with Gasteiger partial charge in [-0.2, -0.15) is 0 Å². The van der Waals surface area contributed by atoms with Crippen molar-refractivity contribution < 1.29 is 33.1 Å². The molecule has 4 aliphatic heterocycles. The molecule has 6 aromatic rings. The van der Waals surface area contributed by atoms with Gasteiger partial charge in [-0.1, -0.05) is 48.5 Å². The Kier molecular flexibility index (Phi) is 11.4. The number of nitrogens with zero attached hydrogens (tertiary/aromatic N) is 5. The Bertz CT molecular complexity index is 2790. The maximum Gasteiger partial charge on any atom is 0.255 e. The van der Waals surface area contributed by atoms with Crippen LogP contribution in [0.25, 0.3) is 22.3 Å². The molecule has 0 saturated carbocycles. The number of carbonyl (C=O) groups excluding carboxylic acids is 5. The van der Waals surface area contributed by atoms with Gasteiger partial charge >= 0.3 is 0 Å². The van der Waals surface area contributed by atoms with Crippen LogP contribution in [-0.4, -0.2) is 79.1 Å². The van der Waals surface area contributed by atoms with Gasteiger partial charge in [0.25, 0.3) is 11.8 Å². The Balaban J connectivity index is 0.727. The molecular weight excluding hydrogens is 848 g/mol. The number of fused-ring (bicyclic) bond motifs is 2. The smallest absolute Gasteiger partial charge is 0.255 e. The Morgan fingerprint density at radius 1 is 0.862 bits per heavy atom. The highest BCUT2D eigenvalue weighted by Crippen LogP contribution is 2.38. The van der Waals surface area contributed by atoms with Crippen LogP contribution < -0.4 is 20.7 Å². The number of amides is 5. The first kappa shape index (κ1) is 41.8. The molecule has 0 aliphatic carbocycles. The van der Waals surface area contributed by atoms with E-state index in [1.807, 2.05) is 82.3 Å². The number of hydrogen-bond donors (Lipinski definition) is 3. The zero-order chi connectivity index (χ0) is 44.6. The number of piperidine rings is 2. The van der Waals surface area contributed by atoms with Crippen molar-refractivity contribution in [2.24, 2.45) is 0 Å². The van der Waals surface area contributed by atoms with Crippen LogP contribution in [-0.2, 0) is 45.1 Å². The van der Waals surface area contributed by atoms with Gasteiger partial charge in [0.1, 0.15) is 23.7 Å². The summed E-state index contributed by atoms with van der Waals surface area (Å²) < 4.78 is 24.2. The number of benzene rings is 4. The summed E-state index contributed by atoms with van der Waals surface area (Å²) in [6.45, 7) is 1.87. The van der Waals surface area contributed by atoms with Crippen LogP contribution in [0.2, 0.25) is 0 Å². The van der Waals surface area contributed by atoms with Crippen LogP contribution in [0.5, 0.6) is 5.75 Å². The van der Waals surface area contributed by atoms with Crippen molar-refractivity contribution in [1.29, 1.82) is 0 Å². The number of halogens is 1. The van der Waals surface area contributed by atoms with Gasteiger partial charge in [0.05, 0.1) is 25.0 Å². The second kappa shape index (κ2) is 17.8. The number of aromatic nitrogens is 3. The molecule has 3 N–H and O–H groups in total. The minimum atomic E-state index is -1.06. The molecule has 2 fully saturated rings. The maximum atomic E-state index is 15.9. The number of anilines is 2. The van der Waals surface area contributed by atoms with E-state index >= 15 is 4.39 Å². The molecule has 5 amide bonds. The topological polar surface area (TPSA) is 168 Å². The molecule has 2 aromatic heterocycles. The molecule has 4 aliphatic rings. The van der Waals surface area contributed by atoms with Gasteiger partial charge in [-0.3, -0.25) is 34.6 Å². The van der Waals surface area contributed by atoms with Crippen LogP contribution in [0, 0.1) is 5.82 Å². The van der Waals surface area contributed by atoms with Gasteiger partial charge in [-0.05, 0) is 83.5 Å². The lowest BCUT2D eigenvalue weighted by Gasteiger charge is -2.32. The first-order chi connectivity index (χ1) is 31.6. The Hall–Kier alpha value is -7.20. The van der Waals surface area contributed by atoms with Crippen molar-refractivity contribution in [2.45, 2.75) is 76.2 Å². The lowest BCUT2D eigenvalue weighted by molar-refractivity contribution is -0.134. The average Bonchev–Trinajstić information content (AvgIpc) is 4.14. The number of likely N-dealkylation sites (tertiary alicyclic amines) is 1. The summed E-state index contributed by atoms with van der Waals surface area (Å²) in [6.07, 6.45) is 7.29. The third-order valence-corrected chi connectivity index (χ3v) is 13.4. The molecule has 0 bridgehead atoms. The lowest BCUT2D eigenvalue weighted by atomic mass is 9.99. The van der Waals surface area contributed by atoms with E-state index in [1.165, 1.54) is 22.3 Å². The predicted octanol–water partition coefficient (Wildman–Crippen LogP) is 6.92. The van der Waals surface area contributed by atoms with Crippen molar-refractivity contribution in [3.8, 4) is 28.0 Å². The maximum absolute atomic E-state index is 15.9. The second-order valence-corrected chi connectivity index (χ2v) is 17.7. The van der Waals surface area contributed by atoms with Crippen LogP contribution >= 0.6 is 11.3 Å². The zero-order valence-corrected chi connectivity index (χ0v) is 36.1. The summed E-state index contributed by atoms with van der Waals surface area (Å²) in [5.41, 5.74) is 6.84. The number of imidazole rings is 1. The summed E-state index contributed by atoms with van der Waals surface area (Å²) in [5, 5.41) is 10.5. The van der Waals surface area contributed by atoms with Crippen molar-refractivity contribution >= 4 is 51.7 Å². The average molecular weight is 893 g/mol. The van der Waals surface area contributed by atoms with Gasteiger partial charge in [-0.25, -0.2) is 14.4 Å². The summed E-state index contributed by atoms with van der Waals surface area (Å²) in [7, 11) is 0. The van der Waals surface area contributed by atoms with E-state index in [0.717, 1.165) is 47.5 Å². The Labute approximate surface area is 377 Å². The SMILES string of the molecule is O=C1CC[C@H](Nc2ccc(-c3ccc(CC(=O)N4CCC(Oc5ccc(-c6cc(F)c7c(c6)C(=O)N(C(C(=O)Nc6nccs6)c6ncn8c6CCC8)C7)cc5)CC4)cc3)cc2)C(=O)N1. The number of nitrogens with one attached hydrogen (secondary N) is 3. The summed E-state index contributed by atoms with van der Waals surface area (Å²) in [6, 6.07) is 24.7. The van der Waals surface area contributed by atoms with Gasteiger partial charge in [-0.15, -0.1) is 11.3 Å². The van der Waals surface area contributed by atoms with Crippen molar-refractivity contribution in [2.75, 3.05) is 23.7 Å². The third kappa shape index (κ3) is 8.73. The highest BCUT2D eigenvalue weighted by Gasteiger charge is 2.42. The van der Waals surface area contributed by atoms with Gasteiger partial charge in [0.15, 0.2) is 11.2 Å². The van der Waals surface area contributed by atoms with E-state index in [0.29, 0.717) is 72.9 Å². The molecule has 330 valence electrons. The van der Waals surface area contributed by atoms with E-state index in [1.54, 1.807) is 24.0 Å². The van der Waals surface area contributed by atoms with E-state index in [4.69, 9.17) is 4.74 Å². The molecule has 16 heteroatoms. The van der Waals surface area contributed by atoms with Crippen LogP contribution in [0.15, 0.2) is 103 Å². The monoisotopic (exact) mass is 892 g/mol. The van der Waals surface area contributed by atoms with Crippen molar-refractivity contribution in [3.63, 3.8) is 0 Å². The molecule has 65 heavy (non-hydrogen) atoms. The molecule has 4 aromatic carbocycles.